The number of aryl methyl sites for hydroxylation is 2. The van der Waals surface area contributed by atoms with Gasteiger partial charge in [-0.2, -0.15) is 0 Å². The van der Waals surface area contributed by atoms with Gasteiger partial charge in [-0.1, -0.05) is 36.4 Å². The molecule has 0 saturated carbocycles. The summed E-state index contributed by atoms with van der Waals surface area (Å²) < 4.78 is 0. The van der Waals surface area contributed by atoms with Gasteiger partial charge in [0.05, 0.1) is 11.2 Å². The van der Waals surface area contributed by atoms with E-state index in [9.17, 15) is 4.91 Å². The van der Waals surface area contributed by atoms with Gasteiger partial charge in [-0.3, -0.25) is 0 Å². The Balaban J connectivity index is 2.10. The number of hydrogen-bond acceptors (Lipinski definition) is 2. The zero-order chi connectivity index (χ0) is 15.3. The molecule has 4 heteroatoms. The largest absolute Gasteiger partial charge is 0.360 e. The van der Waals surface area contributed by atoms with E-state index in [4.69, 9.17) is 0 Å². The smallest absolute Gasteiger partial charge is 0.141 e. The lowest BCUT2D eigenvalue weighted by Gasteiger charge is -1.99. The Labute approximate surface area is 127 Å². The molecule has 2 aromatic heterocycles. The van der Waals surface area contributed by atoms with Gasteiger partial charge in [0, 0.05) is 28.0 Å². The van der Waals surface area contributed by atoms with Crippen LogP contribution in [0.15, 0.2) is 47.8 Å². The number of nitroso groups, excluding NO2 is 1. The molecule has 4 nitrogen and oxygen atoms in total. The van der Waals surface area contributed by atoms with Crippen LogP contribution in [-0.2, 0) is 0 Å². The first kappa shape index (κ1) is 12.8. The second-order valence-electron chi connectivity index (χ2n) is 5.64. The molecule has 4 rings (SSSR count). The standard InChI is InChI=1S/C18H15N3O/c1-10-5-3-7-12-14(9-19-15(10)12)17-18(21-22)13-8-4-6-11(2)16(13)20-17/h3-9,19-20H,1-2H3. The molecule has 2 heterocycles. The summed E-state index contributed by atoms with van der Waals surface area (Å²) in [4.78, 5) is 18.1. The molecule has 0 aliphatic heterocycles. The van der Waals surface area contributed by atoms with Crippen LogP contribution in [0, 0.1) is 18.8 Å². The first-order chi connectivity index (χ1) is 10.7. The van der Waals surface area contributed by atoms with E-state index in [2.05, 4.69) is 34.2 Å². The van der Waals surface area contributed by atoms with Crippen molar-refractivity contribution in [3.63, 3.8) is 0 Å². The first-order valence-corrected chi connectivity index (χ1v) is 7.22. The van der Waals surface area contributed by atoms with Gasteiger partial charge >= 0.3 is 0 Å². The molecule has 0 bridgehead atoms. The zero-order valence-corrected chi connectivity index (χ0v) is 12.4. The van der Waals surface area contributed by atoms with Crippen LogP contribution >= 0.6 is 0 Å². The maximum atomic E-state index is 11.4. The molecule has 2 N–H and O–H groups in total. The Bertz CT molecular complexity index is 1020. The monoisotopic (exact) mass is 289 g/mol. The van der Waals surface area contributed by atoms with E-state index in [-0.39, 0.29) is 0 Å². The Morgan fingerprint density at radius 1 is 0.909 bits per heavy atom. The van der Waals surface area contributed by atoms with E-state index in [1.165, 1.54) is 5.56 Å². The van der Waals surface area contributed by atoms with Crippen LogP contribution in [-0.4, -0.2) is 9.97 Å². The minimum atomic E-state index is 0.473. The van der Waals surface area contributed by atoms with Crippen molar-refractivity contribution in [3.05, 3.63) is 58.6 Å². The second-order valence-corrected chi connectivity index (χ2v) is 5.64. The highest BCUT2D eigenvalue weighted by Crippen LogP contribution is 2.41. The van der Waals surface area contributed by atoms with Gasteiger partial charge in [-0.05, 0) is 30.2 Å². The minimum absolute atomic E-state index is 0.473. The molecule has 0 saturated heterocycles. The van der Waals surface area contributed by atoms with Gasteiger partial charge in [-0.15, -0.1) is 4.91 Å². The number of benzene rings is 2. The fourth-order valence-corrected chi connectivity index (χ4v) is 3.15. The fraction of sp³-hybridized carbons (Fsp3) is 0.111. The molecule has 108 valence electrons. The van der Waals surface area contributed by atoms with Gasteiger partial charge < -0.3 is 9.97 Å². The zero-order valence-electron chi connectivity index (χ0n) is 12.4. The van der Waals surface area contributed by atoms with E-state index >= 15 is 0 Å². The van der Waals surface area contributed by atoms with E-state index in [0.29, 0.717) is 5.69 Å². The lowest BCUT2D eigenvalue weighted by Crippen LogP contribution is -1.78. The molecule has 0 atom stereocenters. The molecular formula is C18H15N3O. The number of aromatic amines is 2. The molecular weight excluding hydrogens is 274 g/mol. The third-order valence-corrected chi connectivity index (χ3v) is 4.30. The van der Waals surface area contributed by atoms with Gasteiger partial charge in [0.15, 0.2) is 0 Å². The van der Waals surface area contributed by atoms with Crippen molar-refractivity contribution in [2.45, 2.75) is 13.8 Å². The Kier molecular flexibility index (Phi) is 2.66. The second kappa shape index (κ2) is 4.56. The number of nitrogens with zero attached hydrogens (tertiary/aromatic N) is 1. The summed E-state index contributed by atoms with van der Waals surface area (Å²) in [6.45, 7) is 4.09. The molecule has 0 amide bonds. The van der Waals surface area contributed by atoms with Gasteiger partial charge in [0.1, 0.15) is 5.69 Å². The molecule has 0 radical (unpaired) electrons. The summed E-state index contributed by atoms with van der Waals surface area (Å²) in [7, 11) is 0. The van der Waals surface area contributed by atoms with Crippen molar-refractivity contribution < 1.29 is 0 Å². The molecule has 0 fully saturated rings. The summed E-state index contributed by atoms with van der Waals surface area (Å²) in [5.41, 5.74) is 6.56. The number of hydrogen-bond donors (Lipinski definition) is 2. The fourth-order valence-electron chi connectivity index (χ4n) is 3.15. The quantitative estimate of drug-likeness (QED) is 0.481. The lowest BCUT2D eigenvalue weighted by atomic mass is 10.1. The van der Waals surface area contributed by atoms with Crippen LogP contribution in [0.2, 0.25) is 0 Å². The average Bonchev–Trinajstić information content (AvgIpc) is 3.09. The number of fused-ring (bicyclic) bond motifs is 2. The summed E-state index contributed by atoms with van der Waals surface area (Å²) >= 11 is 0. The Hall–Kier alpha value is -2.88. The molecule has 2 aromatic carbocycles. The average molecular weight is 289 g/mol. The van der Waals surface area contributed by atoms with Crippen molar-refractivity contribution in [1.29, 1.82) is 0 Å². The number of para-hydroxylation sites is 2. The first-order valence-electron chi connectivity index (χ1n) is 7.22. The van der Waals surface area contributed by atoms with Crippen molar-refractivity contribution in [3.8, 4) is 11.3 Å². The maximum absolute atomic E-state index is 11.4. The topological polar surface area (TPSA) is 61.0 Å². The Morgan fingerprint density at radius 2 is 1.59 bits per heavy atom. The van der Waals surface area contributed by atoms with Crippen LogP contribution < -0.4 is 0 Å². The van der Waals surface area contributed by atoms with E-state index in [1.54, 1.807) is 0 Å². The van der Waals surface area contributed by atoms with Crippen molar-refractivity contribution in [1.82, 2.24) is 9.97 Å². The van der Waals surface area contributed by atoms with Crippen molar-refractivity contribution >= 4 is 27.5 Å². The predicted molar refractivity (Wildman–Crippen MR) is 90.5 cm³/mol. The van der Waals surface area contributed by atoms with Gasteiger partial charge in [0.25, 0.3) is 0 Å². The number of nitrogens with one attached hydrogen (secondary N) is 2. The van der Waals surface area contributed by atoms with E-state index in [1.807, 2.05) is 37.4 Å². The third kappa shape index (κ3) is 1.64. The van der Waals surface area contributed by atoms with Crippen LogP contribution in [0.1, 0.15) is 11.1 Å². The third-order valence-electron chi connectivity index (χ3n) is 4.30. The number of aromatic nitrogens is 2. The molecule has 22 heavy (non-hydrogen) atoms. The van der Waals surface area contributed by atoms with Crippen LogP contribution in [0.5, 0.6) is 0 Å². The van der Waals surface area contributed by atoms with Gasteiger partial charge in [0.2, 0.25) is 0 Å². The number of rotatable bonds is 2. The van der Waals surface area contributed by atoms with E-state index in [0.717, 1.165) is 38.6 Å². The van der Waals surface area contributed by atoms with E-state index < -0.39 is 0 Å². The van der Waals surface area contributed by atoms with Crippen LogP contribution in [0.4, 0.5) is 5.69 Å². The van der Waals surface area contributed by atoms with Crippen LogP contribution in [0.3, 0.4) is 0 Å². The molecule has 4 aromatic rings. The molecule has 0 spiro atoms. The Morgan fingerprint density at radius 3 is 2.32 bits per heavy atom. The van der Waals surface area contributed by atoms with Crippen LogP contribution in [0.25, 0.3) is 33.1 Å². The lowest BCUT2D eigenvalue weighted by molar-refractivity contribution is 1.39. The highest BCUT2D eigenvalue weighted by atomic mass is 16.3. The summed E-state index contributed by atoms with van der Waals surface area (Å²) in [6.07, 6.45) is 1.94. The predicted octanol–water partition coefficient (Wildman–Crippen LogP) is 5.33. The highest BCUT2D eigenvalue weighted by molar-refractivity contribution is 6.06. The van der Waals surface area contributed by atoms with Gasteiger partial charge in [-0.25, -0.2) is 0 Å². The molecule has 0 aliphatic rings. The summed E-state index contributed by atoms with van der Waals surface area (Å²) in [5, 5.41) is 5.25. The molecule has 0 unspecified atom stereocenters. The SMILES string of the molecule is Cc1cccc2c(-c3[nH]c4c(C)cccc4c3N=O)c[nH]c12. The van der Waals surface area contributed by atoms with Crippen molar-refractivity contribution in [2.24, 2.45) is 5.18 Å². The highest BCUT2D eigenvalue weighted by Gasteiger charge is 2.18. The maximum Gasteiger partial charge on any atom is 0.141 e. The minimum Gasteiger partial charge on any atom is -0.360 e. The number of H-pyrrole nitrogens is 2. The summed E-state index contributed by atoms with van der Waals surface area (Å²) in [5.74, 6) is 0. The molecule has 0 aliphatic carbocycles. The normalized spacial score (nSPS) is 11.4. The summed E-state index contributed by atoms with van der Waals surface area (Å²) in [6, 6.07) is 12.0. The van der Waals surface area contributed by atoms with Crippen molar-refractivity contribution in [2.75, 3.05) is 0 Å².